The van der Waals surface area contributed by atoms with Crippen LogP contribution in [0.1, 0.15) is 35.6 Å². The third kappa shape index (κ3) is 1.82. The van der Waals surface area contributed by atoms with Gasteiger partial charge in [-0.15, -0.1) is 0 Å². The fourth-order valence-corrected chi connectivity index (χ4v) is 3.06. The van der Waals surface area contributed by atoms with Crippen molar-refractivity contribution in [1.29, 1.82) is 0 Å². The molecule has 2 N–H and O–H groups in total. The minimum Gasteiger partial charge on any atom is -0.508 e. The van der Waals surface area contributed by atoms with Gasteiger partial charge in [0.2, 0.25) is 0 Å². The molecule has 0 aromatic heterocycles. The van der Waals surface area contributed by atoms with Crippen LogP contribution in [0, 0.1) is 0 Å². The SMILES string of the molecule is O=C1CCN2CCc3cc(CO)c(O)cc3C2C1. The van der Waals surface area contributed by atoms with Gasteiger partial charge in [-0.2, -0.15) is 0 Å². The topological polar surface area (TPSA) is 60.8 Å². The first kappa shape index (κ1) is 11.7. The number of carbonyl (C=O) groups excluding carboxylic acids is 1. The van der Waals surface area contributed by atoms with Gasteiger partial charge in [-0.25, -0.2) is 0 Å². The number of Topliss-reactive ketones (excluding diaryl/α,β-unsaturated/α-hetero) is 1. The van der Waals surface area contributed by atoms with Gasteiger partial charge in [0.05, 0.1) is 6.61 Å². The number of aliphatic hydroxyl groups excluding tert-OH is 1. The lowest BCUT2D eigenvalue weighted by Crippen LogP contribution is -2.41. The minimum absolute atomic E-state index is 0.119. The van der Waals surface area contributed by atoms with Crippen molar-refractivity contribution in [2.45, 2.75) is 31.9 Å². The zero-order valence-corrected chi connectivity index (χ0v) is 10.2. The molecule has 0 amide bonds. The van der Waals surface area contributed by atoms with Crippen LogP contribution in [0.3, 0.4) is 0 Å². The smallest absolute Gasteiger partial charge is 0.136 e. The monoisotopic (exact) mass is 247 g/mol. The predicted molar refractivity (Wildman–Crippen MR) is 66.3 cm³/mol. The van der Waals surface area contributed by atoms with E-state index >= 15 is 0 Å². The van der Waals surface area contributed by atoms with Crippen LogP contribution in [0.2, 0.25) is 0 Å². The molecule has 1 aromatic rings. The first-order valence-electron chi connectivity index (χ1n) is 6.40. The van der Waals surface area contributed by atoms with Gasteiger partial charge in [0.15, 0.2) is 0 Å². The second-order valence-electron chi connectivity index (χ2n) is 5.13. The second kappa shape index (κ2) is 4.37. The van der Waals surface area contributed by atoms with E-state index in [9.17, 15) is 9.90 Å². The Bertz CT molecular complexity index is 498. The average molecular weight is 247 g/mol. The molecule has 0 radical (unpaired) electrons. The molecule has 0 aliphatic carbocycles. The molecule has 0 bridgehead atoms. The molecule has 4 nitrogen and oxygen atoms in total. The van der Waals surface area contributed by atoms with Gasteiger partial charge < -0.3 is 10.2 Å². The Morgan fingerprint density at radius 1 is 1.28 bits per heavy atom. The lowest BCUT2D eigenvalue weighted by molar-refractivity contribution is -0.123. The van der Waals surface area contributed by atoms with Crippen molar-refractivity contribution >= 4 is 5.78 Å². The summed E-state index contributed by atoms with van der Waals surface area (Å²) in [6.07, 6.45) is 2.12. The van der Waals surface area contributed by atoms with Crippen LogP contribution < -0.4 is 0 Å². The highest BCUT2D eigenvalue weighted by atomic mass is 16.3. The second-order valence-corrected chi connectivity index (χ2v) is 5.13. The molecule has 1 aromatic carbocycles. The highest BCUT2D eigenvalue weighted by Gasteiger charge is 2.33. The van der Waals surface area contributed by atoms with Gasteiger partial charge in [-0.1, -0.05) is 0 Å². The summed E-state index contributed by atoms with van der Waals surface area (Å²) >= 11 is 0. The van der Waals surface area contributed by atoms with Crippen molar-refractivity contribution in [2.75, 3.05) is 13.1 Å². The highest BCUT2D eigenvalue weighted by Crippen LogP contribution is 2.38. The summed E-state index contributed by atoms with van der Waals surface area (Å²) in [4.78, 5) is 13.9. The summed E-state index contributed by atoms with van der Waals surface area (Å²) in [5.74, 6) is 0.436. The molecule has 1 unspecified atom stereocenters. The molecule has 18 heavy (non-hydrogen) atoms. The van der Waals surface area contributed by atoms with Gasteiger partial charge in [0.1, 0.15) is 11.5 Å². The van der Waals surface area contributed by atoms with Gasteiger partial charge in [0.25, 0.3) is 0 Å². The maximum Gasteiger partial charge on any atom is 0.136 e. The van der Waals surface area contributed by atoms with E-state index in [4.69, 9.17) is 5.11 Å². The summed E-state index contributed by atoms with van der Waals surface area (Å²) in [5, 5.41) is 19.0. The van der Waals surface area contributed by atoms with Crippen molar-refractivity contribution in [2.24, 2.45) is 0 Å². The summed E-state index contributed by atoms with van der Waals surface area (Å²) < 4.78 is 0. The van der Waals surface area contributed by atoms with E-state index in [1.54, 1.807) is 6.07 Å². The number of hydrogen-bond acceptors (Lipinski definition) is 4. The van der Waals surface area contributed by atoms with Crippen molar-refractivity contribution in [1.82, 2.24) is 4.90 Å². The molecule has 0 spiro atoms. The van der Waals surface area contributed by atoms with E-state index in [1.807, 2.05) is 6.07 Å². The average Bonchev–Trinajstić information content (AvgIpc) is 2.38. The minimum atomic E-state index is -0.146. The van der Waals surface area contributed by atoms with Crippen LogP contribution in [-0.4, -0.2) is 34.0 Å². The summed E-state index contributed by atoms with van der Waals surface area (Å²) in [6.45, 7) is 1.64. The van der Waals surface area contributed by atoms with Crippen molar-refractivity contribution in [3.63, 3.8) is 0 Å². The highest BCUT2D eigenvalue weighted by molar-refractivity contribution is 5.80. The van der Waals surface area contributed by atoms with Crippen LogP contribution in [0.5, 0.6) is 5.75 Å². The molecular weight excluding hydrogens is 230 g/mol. The summed E-state index contributed by atoms with van der Waals surface area (Å²) in [6, 6.07) is 3.73. The van der Waals surface area contributed by atoms with Crippen LogP contribution in [0.15, 0.2) is 12.1 Å². The number of ketones is 1. The van der Waals surface area contributed by atoms with E-state index in [2.05, 4.69) is 4.90 Å². The third-order valence-corrected chi connectivity index (χ3v) is 4.08. The first-order valence-corrected chi connectivity index (χ1v) is 6.40. The maximum absolute atomic E-state index is 11.6. The fraction of sp³-hybridized carbons (Fsp3) is 0.500. The number of carbonyl (C=O) groups is 1. The Balaban J connectivity index is 2.02. The number of rotatable bonds is 1. The zero-order chi connectivity index (χ0) is 12.7. The van der Waals surface area contributed by atoms with Gasteiger partial charge >= 0.3 is 0 Å². The molecule has 1 saturated heterocycles. The van der Waals surface area contributed by atoms with Gasteiger partial charge in [0, 0.05) is 37.5 Å². The molecule has 0 saturated carbocycles. The van der Waals surface area contributed by atoms with Crippen molar-refractivity contribution < 1.29 is 15.0 Å². The Labute approximate surface area is 106 Å². The molecule has 1 atom stereocenters. The molecule has 96 valence electrons. The molecule has 2 aliphatic heterocycles. The molecule has 2 aliphatic rings. The fourth-order valence-electron chi connectivity index (χ4n) is 3.06. The summed E-state index contributed by atoms with van der Waals surface area (Å²) in [5.41, 5.74) is 2.79. The van der Waals surface area contributed by atoms with Crippen LogP contribution >= 0.6 is 0 Å². The number of piperidine rings is 1. The van der Waals surface area contributed by atoms with E-state index in [0.29, 0.717) is 24.2 Å². The van der Waals surface area contributed by atoms with Crippen LogP contribution in [0.4, 0.5) is 0 Å². The van der Waals surface area contributed by atoms with Crippen molar-refractivity contribution in [3.8, 4) is 5.75 Å². The zero-order valence-electron chi connectivity index (χ0n) is 10.2. The number of fused-ring (bicyclic) bond motifs is 3. The lowest BCUT2D eigenvalue weighted by atomic mass is 9.85. The van der Waals surface area contributed by atoms with E-state index in [1.165, 1.54) is 0 Å². The number of phenols is 1. The first-order chi connectivity index (χ1) is 8.69. The molecule has 1 fully saturated rings. The van der Waals surface area contributed by atoms with Gasteiger partial charge in [-0.3, -0.25) is 9.69 Å². The molecule has 2 heterocycles. The van der Waals surface area contributed by atoms with Crippen LogP contribution in [-0.2, 0) is 17.8 Å². The van der Waals surface area contributed by atoms with E-state index < -0.39 is 0 Å². The maximum atomic E-state index is 11.6. The number of nitrogens with zero attached hydrogens (tertiary/aromatic N) is 1. The normalized spacial score (nSPS) is 23.6. The number of aliphatic hydroxyl groups is 1. The predicted octanol–water partition coefficient (Wildman–Crippen LogP) is 1.15. The summed E-state index contributed by atoms with van der Waals surface area (Å²) in [7, 11) is 0. The Morgan fingerprint density at radius 3 is 2.83 bits per heavy atom. The molecule has 3 rings (SSSR count). The third-order valence-electron chi connectivity index (χ3n) is 4.08. The van der Waals surface area contributed by atoms with Crippen molar-refractivity contribution in [3.05, 3.63) is 28.8 Å². The Hall–Kier alpha value is -1.39. The number of hydrogen-bond donors (Lipinski definition) is 2. The number of benzene rings is 1. The quantitative estimate of drug-likeness (QED) is 0.781. The lowest BCUT2D eigenvalue weighted by Gasteiger charge is -2.40. The largest absolute Gasteiger partial charge is 0.508 e. The number of aromatic hydroxyl groups is 1. The standard InChI is InChI=1S/C14H17NO3/c16-8-10-5-9-1-3-15-4-2-11(17)6-13(15)12(9)7-14(10)18/h5,7,13,16,18H,1-4,6,8H2. The Kier molecular flexibility index (Phi) is 2.84. The Morgan fingerprint density at radius 2 is 2.06 bits per heavy atom. The van der Waals surface area contributed by atoms with E-state index in [0.717, 1.165) is 30.6 Å². The molecular formula is C14H17NO3. The van der Waals surface area contributed by atoms with Gasteiger partial charge in [-0.05, 0) is 29.7 Å². The van der Waals surface area contributed by atoms with E-state index in [-0.39, 0.29) is 18.4 Å². The van der Waals surface area contributed by atoms with Crippen LogP contribution in [0.25, 0.3) is 0 Å². The molecule has 4 heteroatoms.